The lowest BCUT2D eigenvalue weighted by Crippen LogP contribution is -2.28. The summed E-state index contributed by atoms with van der Waals surface area (Å²) in [6.07, 6.45) is 0. The molecule has 0 saturated heterocycles. The number of hydrogen-bond acceptors (Lipinski definition) is 3. The van der Waals surface area contributed by atoms with E-state index in [1.54, 1.807) is 0 Å². The zero-order valence-corrected chi connectivity index (χ0v) is 40.0. The summed E-state index contributed by atoms with van der Waals surface area (Å²) in [4.78, 5) is 15.4. The van der Waals surface area contributed by atoms with Crippen molar-refractivity contribution >= 4 is 0 Å². The predicted molar refractivity (Wildman–Crippen MR) is 301 cm³/mol. The quantitative estimate of drug-likeness (QED) is 0.137. The normalized spacial score (nSPS) is 12.2. The smallest absolute Gasteiger partial charge is 0.164 e. The van der Waals surface area contributed by atoms with Crippen LogP contribution in [0.4, 0.5) is 0 Å². The number of benzene rings is 11. The Kier molecular flexibility index (Phi) is 11.1. The van der Waals surface area contributed by atoms with E-state index in [1.165, 1.54) is 55.6 Å². The van der Waals surface area contributed by atoms with Crippen LogP contribution in [0, 0.1) is 0 Å². The summed E-state index contributed by atoms with van der Waals surface area (Å²) in [5.41, 5.74) is 21.2. The maximum Gasteiger partial charge on any atom is 0.164 e. The number of nitrogens with zero attached hydrogens (tertiary/aromatic N) is 3. The van der Waals surface area contributed by atoms with Gasteiger partial charge in [-0.15, -0.1) is 0 Å². The van der Waals surface area contributed by atoms with Crippen LogP contribution in [0.25, 0.3) is 101 Å². The Morgan fingerprint density at radius 3 is 1.10 bits per heavy atom. The summed E-state index contributed by atoms with van der Waals surface area (Å²) < 4.78 is 0. The van der Waals surface area contributed by atoms with Gasteiger partial charge in [0.15, 0.2) is 17.5 Å². The molecule has 0 atom stereocenters. The van der Waals surface area contributed by atoms with E-state index in [0.29, 0.717) is 17.5 Å². The minimum absolute atomic E-state index is 0.546. The third kappa shape index (κ3) is 7.94. The van der Waals surface area contributed by atoms with Crippen LogP contribution >= 0.6 is 0 Å². The number of fused-ring (bicyclic) bond motifs is 3. The Bertz CT molecular complexity index is 3890. The van der Waals surface area contributed by atoms with Gasteiger partial charge in [0.25, 0.3) is 0 Å². The average molecular weight is 930 g/mol. The largest absolute Gasteiger partial charge is 0.208 e. The summed E-state index contributed by atoms with van der Waals surface area (Å²) in [6, 6.07) is 102. The second-order valence-electron chi connectivity index (χ2n) is 18.7. The molecule has 11 aromatic carbocycles. The van der Waals surface area contributed by atoms with Crippen molar-refractivity contribution < 1.29 is 0 Å². The highest BCUT2D eigenvalue weighted by molar-refractivity contribution is 5.96. The molecule has 0 aliphatic heterocycles. The summed E-state index contributed by atoms with van der Waals surface area (Å²) in [5.74, 6) is 1.87. The first-order valence-corrected chi connectivity index (χ1v) is 24.9. The minimum atomic E-state index is -0.546. The molecule has 0 spiro atoms. The zero-order valence-electron chi connectivity index (χ0n) is 40.0. The molecule has 0 fully saturated rings. The van der Waals surface area contributed by atoms with Gasteiger partial charge in [-0.25, -0.2) is 15.0 Å². The van der Waals surface area contributed by atoms with Crippen molar-refractivity contribution in [2.75, 3.05) is 0 Å². The van der Waals surface area contributed by atoms with Gasteiger partial charge in [0.1, 0.15) is 0 Å². The fourth-order valence-corrected chi connectivity index (χ4v) is 11.0. The fourth-order valence-electron chi connectivity index (χ4n) is 11.0. The summed E-state index contributed by atoms with van der Waals surface area (Å²) >= 11 is 0. The van der Waals surface area contributed by atoms with Gasteiger partial charge in [0, 0.05) is 16.7 Å². The highest BCUT2D eigenvalue weighted by atomic mass is 15.0. The number of aromatic nitrogens is 3. The van der Waals surface area contributed by atoms with Crippen LogP contribution in [-0.4, -0.2) is 15.0 Å². The molecule has 342 valence electrons. The van der Waals surface area contributed by atoms with Gasteiger partial charge in [-0.05, 0) is 119 Å². The topological polar surface area (TPSA) is 38.7 Å². The molecule has 0 saturated carbocycles. The lowest BCUT2D eigenvalue weighted by atomic mass is 9.67. The van der Waals surface area contributed by atoms with Crippen LogP contribution < -0.4 is 0 Å². The molecule has 1 heterocycles. The van der Waals surface area contributed by atoms with Gasteiger partial charge in [0.2, 0.25) is 0 Å². The van der Waals surface area contributed by atoms with Crippen LogP contribution in [0.3, 0.4) is 0 Å². The van der Waals surface area contributed by atoms with E-state index in [2.05, 4.69) is 261 Å². The van der Waals surface area contributed by atoms with Crippen LogP contribution in [-0.2, 0) is 5.41 Å². The van der Waals surface area contributed by atoms with E-state index in [1.807, 2.05) is 24.3 Å². The molecule has 0 unspecified atom stereocenters. The summed E-state index contributed by atoms with van der Waals surface area (Å²) in [5, 5.41) is 0. The SMILES string of the molecule is c1ccc(-c2ccc(-c3cc4c(cc3-c3cccc(-c5cccc(-c6nc(-c7ccccc7)nc(-c7cccc(-c8ccccc8)c7)n6)c5)c3)C(c3ccccc3)(c3ccccc3)c3ccccc3-4)cc2)cc1. The van der Waals surface area contributed by atoms with Crippen molar-refractivity contribution in [1.29, 1.82) is 0 Å². The Hall–Kier alpha value is -9.57. The van der Waals surface area contributed by atoms with Crippen molar-refractivity contribution in [2.45, 2.75) is 5.41 Å². The maximum atomic E-state index is 5.20. The first kappa shape index (κ1) is 43.5. The molecule has 0 bridgehead atoms. The lowest BCUT2D eigenvalue weighted by Gasteiger charge is -2.34. The number of rotatable bonds is 10. The van der Waals surface area contributed by atoms with Gasteiger partial charge in [-0.1, -0.05) is 255 Å². The van der Waals surface area contributed by atoms with Crippen molar-refractivity contribution in [2.24, 2.45) is 0 Å². The molecule has 1 aromatic heterocycles. The monoisotopic (exact) mass is 929 g/mol. The second kappa shape index (κ2) is 18.6. The third-order valence-corrected chi connectivity index (χ3v) is 14.4. The minimum Gasteiger partial charge on any atom is -0.208 e. The Balaban J connectivity index is 0.971. The van der Waals surface area contributed by atoms with Crippen LogP contribution in [0.1, 0.15) is 22.3 Å². The van der Waals surface area contributed by atoms with Gasteiger partial charge < -0.3 is 0 Å². The third-order valence-electron chi connectivity index (χ3n) is 14.4. The Morgan fingerprint density at radius 2 is 0.548 bits per heavy atom. The summed E-state index contributed by atoms with van der Waals surface area (Å²) in [6.45, 7) is 0. The van der Waals surface area contributed by atoms with Gasteiger partial charge in [-0.3, -0.25) is 0 Å². The van der Waals surface area contributed by atoms with Crippen molar-refractivity contribution in [3.63, 3.8) is 0 Å². The lowest BCUT2D eigenvalue weighted by molar-refractivity contribution is 0.769. The highest BCUT2D eigenvalue weighted by Crippen LogP contribution is 2.58. The molecule has 12 aromatic rings. The molecule has 3 heteroatoms. The standard InChI is InChI=1S/C70H47N3/c1-6-21-48(22-7-1)50-39-41-51(42-40-50)62-46-64-61-37-16-17-38-65(61)70(59-33-12-4-13-34-59,60-35-14-5-15-36-60)66(64)47-63(62)56-30-18-28-54(43-56)55-29-20-32-58(45-55)69-72-67(52-25-10-3-11-26-52)71-68(73-69)57-31-19-27-53(44-57)49-23-8-2-9-24-49/h1-47H. The number of hydrogen-bond donors (Lipinski definition) is 0. The van der Waals surface area contributed by atoms with Gasteiger partial charge in [0.05, 0.1) is 5.41 Å². The molecule has 73 heavy (non-hydrogen) atoms. The Morgan fingerprint density at radius 1 is 0.192 bits per heavy atom. The molecular weight excluding hydrogens is 883 g/mol. The van der Waals surface area contributed by atoms with E-state index in [-0.39, 0.29) is 0 Å². The van der Waals surface area contributed by atoms with Crippen LogP contribution in [0.5, 0.6) is 0 Å². The van der Waals surface area contributed by atoms with E-state index in [4.69, 9.17) is 15.0 Å². The van der Waals surface area contributed by atoms with Crippen molar-refractivity contribution in [3.8, 4) is 101 Å². The zero-order chi connectivity index (χ0) is 48.6. The summed E-state index contributed by atoms with van der Waals surface area (Å²) in [7, 11) is 0. The molecule has 3 nitrogen and oxygen atoms in total. The molecule has 1 aliphatic rings. The predicted octanol–water partition coefficient (Wildman–Crippen LogP) is 17.6. The van der Waals surface area contributed by atoms with Crippen LogP contribution in [0.15, 0.2) is 285 Å². The van der Waals surface area contributed by atoms with Gasteiger partial charge in [-0.2, -0.15) is 0 Å². The van der Waals surface area contributed by atoms with Crippen molar-refractivity contribution in [3.05, 3.63) is 307 Å². The molecule has 0 N–H and O–H groups in total. The highest BCUT2D eigenvalue weighted by Gasteiger charge is 2.46. The molecule has 13 rings (SSSR count). The maximum absolute atomic E-state index is 5.20. The molecule has 0 amide bonds. The van der Waals surface area contributed by atoms with Gasteiger partial charge >= 0.3 is 0 Å². The molecule has 1 aliphatic carbocycles. The van der Waals surface area contributed by atoms with E-state index in [0.717, 1.165) is 50.1 Å². The first-order valence-electron chi connectivity index (χ1n) is 24.9. The van der Waals surface area contributed by atoms with E-state index >= 15 is 0 Å². The fraction of sp³-hybridized carbons (Fsp3) is 0.0143. The second-order valence-corrected chi connectivity index (χ2v) is 18.7. The van der Waals surface area contributed by atoms with Crippen LogP contribution in [0.2, 0.25) is 0 Å². The molecular formula is C70H47N3. The van der Waals surface area contributed by atoms with E-state index in [9.17, 15) is 0 Å². The van der Waals surface area contributed by atoms with E-state index < -0.39 is 5.41 Å². The Labute approximate surface area is 426 Å². The first-order chi connectivity index (χ1) is 36.2. The van der Waals surface area contributed by atoms with Crippen molar-refractivity contribution in [1.82, 2.24) is 15.0 Å². The molecule has 0 radical (unpaired) electrons. The average Bonchev–Trinajstić information content (AvgIpc) is 3.78.